The summed E-state index contributed by atoms with van der Waals surface area (Å²) in [6.07, 6.45) is -0.437. The quantitative estimate of drug-likeness (QED) is 0.0783. The van der Waals surface area contributed by atoms with Gasteiger partial charge in [0.15, 0.2) is 5.78 Å². The van der Waals surface area contributed by atoms with Gasteiger partial charge in [-0.15, -0.1) is 0 Å². The van der Waals surface area contributed by atoms with Crippen LogP contribution in [-0.4, -0.2) is 88.1 Å². The van der Waals surface area contributed by atoms with Crippen molar-refractivity contribution in [1.29, 1.82) is 0 Å². The number of Topliss-reactive ketones (excluding diaryl/α,β-unsaturated/α-hetero) is 1. The number of hydrogen-bond donors (Lipinski definition) is 5. The number of esters is 2. The number of carboxylic acids is 3. The monoisotopic (exact) mass is 658 g/mol. The number of aliphatic carboxylic acids is 3. The predicted molar refractivity (Wildman–Crippen MR) is 162 cm³/mol. The Morgan fingerprint density at radius 1 is 0.717 bits per heavy atom. The van der Waals surface area contributed by atoms with Gasteiger partial charge >= 0.3 is 29.8 Å². The molecule has 0 aliphatic heterocycles. The van der Waals surface area contributed by atoms with Gasteiger partial charge in [0.1, 0.15) is 19.3 Å². The number of amides is 2. The zero-order valence-corrected chi connectivity index (χ0v) is 27.8. The molecule has 262 valence electrons. The predicted octanol–water partition coefficient (Wildman–Crippen LogP) is 2.33. The van der Waals surface area contributed by atoms with E-state index in [0.717, 1.165) is 0 Å². The summed E-state index contributed by atoms with van der Waals surface area (Å²) in [5.74, 6) is -7.98. The van der Waals surface area contributed by atoms with Gasteiger partial charge in [-0.25, -0.2) is 4.79 Å². The number of rotatable bonds is 23. The highest BCUT2D eigenvalue weighted by Crippen LogP contribution is 2.31. The van der Waals surface area contributed by atoms with E-state index in [4.69, 9.17) is 19.7 Å². The van der Waals surface area contributed by atoms with E-state index in [1.165, 1.54) is 13.8 Å². The lowest BCUT2D eigenvalue weighted by molar-refractivity contribution is -0.159. The summed E-state index contributed by atoms with van der Waals surface area (Å²) in [6, 6.07) is -2.37. The molecular weight excluding hydrogens is 608 g/mol. The SMILES string of the molecule is CCC(CC(C)(C)C(=O)NC(CCC(=O)O)C(C)=O)C(=O)OCCOC(=O)C(C)CC(C)(CC)C(=O)NC(CCC(=O)O)C(=O)O. The fourth-order valence-corrected chi connectivity index (χ4v) is 4.66. The van der Waals surface area contributed by atoms with Crippen molar-refractivity contribution in [2.75, 3.05) is 13.2 Å². The van der Waals surface area contributed by atoms with Crippen molar-refractivity contribution in [2.24, 2.45) is 22.7 Å². The zero-order valence-electron chi connectivity index (χ0n) is 27.8. The normalized spacial score (nSPS) is 15.2. The number of ketones is 1. The molecule has 5 unspecified atom stereocenters. The lowest BCUT2D eigenvalue weighted by atomic mass is 9.78. The first-order valence-electron chi connectivity index (χ1n) is 15.3. The van der Waals surface area contributed by atoms with Crippen LogP contribution in [0.3, 0.4) is 0 Å². The van der Waals surface area contributed by atoms with Gasteiger partial charge in [-0.05, 0) is 45.4 Å². The molecule has 0 radical (unpaired) electrons. The van der Waals surface area contributed by atoms with Crippen LogP contribution >= 0.6 is 0 Å². The van der Waals surface area contributed by atoms with Gasteiger partial charge in [0.2, 0.25) is 11.8 Å². The van der Waals surface area contributed by atoms with Crippen LogP contribution in [0.2, 0.25) is 0 Å². The number of nitrogens with one attached hydrogen (secondary N) is 2. The average Bonchev–Trinajstić information content (AvgIpc) is 2.96. The van der Waals surface area contributed by atoms with Crippen LogP contribution in [-0.2, 0) is 47.8 Å². The van der Waals surface area contributed by atoms with E-state index in [2.05, 4.69) is 10.6 Å². The summed E-state index contributed by atoms with van der Waals surface area (Å²) < 4.78 is 10.5. The second kappa shape index (κ2) is 19.5. The van der Waals surface area contributed by atoms with Gasteiger partial charge in [0.05, 0.1) is 17.9 Å². The van der Waals surface area contributed by atoms with Crippen molar-refractivity contribution in [3.63, 3.8) is 0 Å². The van der Waals surface area contributed by atoms with Crippen LogP contribution in [0.5, 0.6) is 0 Å². The second-order valence-corrected chi connectivity index (χ2v) is 12.4. The van der Waals surface area contributed by atoms with Crippen molar-refractivity contribution >= 4 is 47.4 Å². The van der Waals surface area contributed by atoms with Crippen LogP contribution in [0.15, 0.2) is 0 Å². The molecule has 0 saturated carbocycles. The molecule has 2 amide bonds. The van der Waals surface area contributed by atoms with E-state index < -0.39 is 82.8 Å². The lowest BCUT2D eigenvalue weighted by Gasteiger charge is -2.30. The molecule has 46 heavy (non-hydrogen) atoms. The summed E-state index contributed by atoms with van der Waals surface area (Å²) in [4.78, 5) is 96.3. The van der Waals surface area contributed by atoms with Gasteiger partial charge in [0.25, 0.3) is 0 Å². The van der Waals surface area contributed by atoms with Crippen molar-refractivity contribution in [3.8, 4) is 0 Å². The molecule has 5 N–H and O–H groups in total. The standard InChI is InChI=1S/C31H50N2O13/c1-8-20(17-30(5,6)28(43)32-21(19(4)34)10-12-23(35)36)27(42)46-15-14-45-26(41)18(3)16-31(7,9-2)29(44)33-22(25(39)40)11-13-24(37)38/h18,20-22H,8-17H2,1-7H3,(H,32,43)(H,33,44)(H,35,36)(H,37,38)(H,39,40). The zero-order chi connectivity index (χ0) is 35.8. The molecule has 0 aliphatic carbocycles. The molecule has 0 rings (SSSR count). The maximum absolute atomic E-state index is 12.9. The molecule has 0 aromatic rings. The Morgan fingerprint density at radius 2 is 1.20 bits per heavy atom. The third-order valence-corrected chi connectivity index (χ3v) is 7.95. The molecular formula is C31H50N2O13. The largest absolute Gasteiger partial charge is 0.481 e. The molecule has 0 bridgehead atoms. The fraction of sp³-hybridized carbons (Fsp3) is 0.742. The summed E-state index contributed by atoms with van der Waals surface area (Å²) >= 11 is 0. The van der Waals surface area contributed by atoms with E-state index in [0.29, 0.717) is 6.42 Å². The summed E-state index contributed by atoms with van der Waals surface area (Å²) in [5, 5.41) is 32.0. The summed E-state index contributed by atoms with van der Waals surface area (Å²) in [5.41, 5.74) is -2.26. The molecule has 0 aromatic carbocycles. The van der Waals surface area contributed by atoms with Gasteiger partial charge in [-0.1, -0.05) is 41.5 Å². The molecule has 15 heteroatoms. The lowest BCUT2D eigenvalue weighted by Crippen LogP contribution is -2.48. The first kappa shape index (κ1) is 42.0. The Labute approximate surface area is 269 Å². The van der Waals surface area contributed by atoms with Crippen molar-refractivity contribution in [2.45, 2.75) is 112 Å². The highest BCUT2D eigenvalue weighted by Gasteiger charge is 2.38. The Kier molecular flexibility index (Phi) is 17.8. The number of carboxylic acid groups (broad SMARTS) is 3. The molecule has 0 aromatic heterocycles. The van der Waals surface area contributed by atoms with Crippen LogP contribution in [0.4, 0.5) is 0 Å². The Bertz CT molecular complexity index is 1120. The van der Waals surface area contributed by atoms with Gasteiger partial charge in [0, 0.05) is 23.7 Å². The van der Waals surface area contributed by atoms with E-state index in [-0.39, 0.29) is 57.5 Å². The molecule has 15 nitrogen and oxygen atoms in total. The van der Waals surface area contributed by atoms with Crippen molar-refractivity contribution in [3.05, 3.63) is 0 Å². The second-order valence-electron chi connectivity index (χ2n) is 12.4. The molecule has 0 aliphatic rings. The first-order chi connectivity index (χ1) is 21.2. The number of carbonyl (C=O) groups excluding carboxylic acids is 5. The summed E-state index contributed by atoms with van der Waals surface area (Å²) in [7, 11) is 0. The molecule has 5 atom stereocenters. The topological polar surface area (TPSA) is 240 Å². The van der Waals surface area contributed by atoms with Crippen LogP contribution < -0.4 is 10.6 Å². The Morgan fingerprint density at radius 3 is 1.63 bits per heavy atom. The molecule has 0 spiro atoms. The Hall–Kier alpha value is -4.04. The van der Waals surface area contributed by atoms with Gasteiger partial charge < -0.3 is 35.4 Å². The first-order valence-corrected chi connectivity index (χ1v) is 15.3. The number of hydrogen-bond acceptors (Lipinski definition) is 10. The average molecular weight is 659 g/mol. The van der Waals surface area contributed by atoms with E-state index in [1.807, 2.05) is 0 Å². The smallest absolute Gasteiger partial charge is 0.326 e. The van der Waals surface area contributed by atoms with E-state index >= 15 is 0 Å². The fourth-order valence-electron chi connectivity index (χ4n) is 4.66. The van der Waals surface area contributed by atoms with Crippen LogP contribution in [0.25, 0.3) is 0 Å². The molecule has 0 saturated heterocycles. The van der Waals surface area contributed by atoms with E-state index in [9.17, 15) is 43.5 Å². The highest BCUT2D eigenvalue weighted by molar-refractivity contribution is 5.90. The maximum Gasteiger partial charge on any atom is 0.326 e. The molecule has 0 fully saturated rings. The minimum Gasteiger partial charge on any atom is -0.481 e. The highest BCUT2D eigenvalue weighted by atomic mass is 16.6. The van der Waals surface area contributed by atoms with Gasteiger partial charge in [-0.3, -0.25) is 33.6 Å². The van der Waals surface area contributed by atoms with Gasteiger partial charge in [-0.2, -0.15) is 0 Å². The minimum atomic E-state index is -1.40. The Balaban J connectivity index is 5.02. The number of carbonyl (C=O) groups is 8. The van der Waals surface area contributed by atoms with Crippen LogP contribution in [0.1, 0.15) is 99.8 Å². The summed E-state index contributed by atoms with van der Waals surface area (Å²) in [6.45, 7) is 10.4. The third-order valence-electron chi connectivity index (χ3n) is 7.95. The maximum atomic E-state index is 12.9. The van der Waals surface area contributed by atoms with E-state index in [1.54, 1.807) is 34.6 Å². The third kappa shape index (κ3) is 14.8. The number of ether oxygens (including phenoxy) is 2. The van der Waals surface area contributed by atoms with Crippen molar-refractivity contribution < 1.29 is 63.1 Å². The van der Waals surface area contributed by atoms with Crippen molar-refractivity contribution in [1.82, 2.24) is 10.6 Å². The van der Waals surface area contributed by atoms with Crippen LogP contribution in [0, 0.1) is 22.7 Å². The minimum absolute atomic E-state index is 0.00900. The molecule has 0 heterocycles.